The Labute approximate surface area is 65.8 Å². The third kappa shape index (κ3) is 4.61. The zero-order valence-electron chi connectivity index (χ0n) is 7.00. The quantitative estimate of drug-likeness (QED) is 0.609. The molecule has 0 saturated heterocycles. The summed E-state index contributed by atoms with van der Waals surface area (Å²) in [5.41, 5.74) is -0.893. The van der Waals surface area contributed by atoms with Crippen molar-refractivity contribution in [2.45, 2.75) is 26.4 Å². The van der Waals surface area contributed by atoms with Crippen molar-refractivity contribution in [2.75, 3.05) is 6.61 Å². The minimum Gasteiger partial charge on any atom is -0.450 e. The second kappa shape index (κ2) is 3.57. The van der Waals surface area contributed by atoms with Crippen LogP contribution in [0, 0.1) is 5.92 Å². The van der Waals surface area contributed by atoms with E-state index in [-0.39, 0.29) is 12.5 Å². The van der Waals surface area contributed by atoms with E-state index in [1.54, 1.807) is 20.8 Å². The van der Waals surface area contributed by atoms with Crippen LogP contribution in [-0.2, 0) is 4.74 Å². The third-order valence-electron chi connectivity index (χ3n) is 1.66. The number of ether oxygens (including phenoxy) is 1. The summed E-state index contributed by atoms with van der Waals surface area (Å²) in [6.45, 7) is 4.98. The Morgan fingerprint density at radius 1 is 1.64 bits per heavy atom. The fourth-order valence-electron chi connectivity index (χ4n) is 0.400. The predicted octanol–water partition coefficient (Wildman–Crippen LogP) is 1.09. The van der Waals surface area contributed by atoms with Crippen LogP contribution in [0.1, 0.15) is 20.8 Å². The van der Waals surface area contributed by atoms with Gasteiger partial charge in [0.05, 0.1) is 5.60 Å². The summed E-state index contributed by atoms with van der Waals surface area (Å²) in [4.78, 5) is 9.93. The van der Waals surface area contributed by atoms with Gasteiger partial charge in [-0.3, -0.25) is 0 Å². The molecule has 0 aromatic heterocycles. The molecule has 1 unspecified atom stereocenters. The van der Waals surface area contributed by atoms with Gasteiger partial charge < -0.3 is 14.9 Å². The van der Waals surface area contributed by atoms with Crippen LogP contribution in [0.5, 0.6) is 0 Å². The maximum Gasteiger partial charge on any atom is 0.505 e. The summed E-state index contributed by atoms with van der Waals surface area (Å²) in [5.74, 6) is -0.196. The smallest absolute Gasteiger partial charge is 0.450 e. The molecule has 4 heteroatoms. The molecular weight excluding hydrogens is 148 g/mol. The van der Waals surface area contributed by atoms with E-state index in [0.29, 0.717) is 0 Å². The van der Waals surface area contributed by atoms with Gasteiger partial charge in [-0.25, -0.2) is 4.79 Å². The van der Waals surface area contributed by atoms with Crippen LogP contribution >= 0.6 is 0 Å². The second-order valence-corrected chi connectivity index (χ2v) is 3.13. The van der Waals surface area contributed by atoms with Crippen LogP contribution in [0.2, 0.25) is 0 Å². The molecule has 0 radical (unpaired) electrons. The zero-order chi connectivity index (χ0) is 9.07. The topological polar surface area (TPSA) is 66.8 Å². The first-order valence-corrected chi connectivity index (χ1v) is 3.42. The molecule has 1 atom stereocenters. The molecule has 0 aromatic rings. The minimum absolute atomic E-state index is 0.0266. The highest BCUT2D eigenvalue weighted by Crippen LogP contribution is 2.15. The molecule has 0 aliphatic carbocycles. The first-order chi connectivity index (χ1) is 4.84. The Hall–Kier alpha value is -0.770. The van der Waals surface area contributed by atoms with E-state index in [1.807, 2.05) is 0 Å². The van der Waals surface area contributed by atoms with Crippen molar-refractivity contribution in [3.8, 4) is 0 Å². The molecule has 0 saturated carbocycles. The number of hydrogen-bond acceptors (Lipinski definition) is 3. The van der Waals surface area contributed by atoms with Crippen molar-refractivity contribution in [1.29, 1.82) is 0 Å². The molecule has 0 aliphatic heterocycles. The predicted molar refractivity (Wildman–Crippen MR) is 39.4 cm³/mol. The maximum absolute atomic E-state index is 9.93. The van der Waals surface area contributed by atoms with E-state index >= 15 is 0 Å². The number of rotatable bonds is 3. The Balaban J connectivity index is 3.70. The van der Waals surface area contributed by atoms with E-state index in [1.165, 1.54) is 0 Å². The monoisotopic (exact) mass is 162 g/mol. The van der Waals surface area contributed by atoms with Gasteiger partial charge in [0.25, 0.3) is 0 Å². The summed E-state index contributed by atoms with van der Waals surface area (Å²) < 4.78 is 4.29. The van der Waals surface area contributed by atoms with Gasteiger partial charge in [0.1, 0.15) is 6.61 Å². The van der Waals surface area contributed by atoms with Crippen LogP contribution in [0.25, 0.3) is 0 Å². The normalized spacial score (nSPS) is 14.2. The molecule has 66 valence electrons. The fourth-order valence-corrected chi connectivity index (χ4v) is 0.400. The highest BCUT2D eigenvalue weighted by molar-refractivity contribution is 5.56. The van der Waals surface area contributed by atoms with Crippen molar-refractivity contribution in [3.05, 3.63) is 0 Å². The summed E-state index contributed by atoms with van der Waals surface area (Å²) in [7, 11) is 0. The molecule has 0 amide bonds. The van der Waals surface area contributed by atoms with Gasteiger partial charge in [-0.1, -0.05) is 6.92 Å². The van der Waals surface area contributed by atoms with E-state index in [0.717, 1.165) is 0 Å². The Morgan fingerprint density at radius 2 is 2.09 bits per heavy atom. The van der Waals surface area contributed by atoms with Crippen molar-refractivity contribution >= 4 is 6.16 Å². The summed E-state index contributed by atoms with van der Waals surface area (Å²) in [5, 5.41) is 17.5. The number of carboxylic acid groups (broad SMARTS) is 1. The van der Waals surface area contributed by atoms with Crippen molar-refractivity contribution in [2.24, 2.45) is 5.92 Å². The van der Waals surface area contributed by atoms with Gasteiger partial charge in [-0.05, 0) is 13.8 Å². The summed E-state index contributed by atoms with van der Waals surface area (Å²) in [6, 6.07) is 0. The fraction of sp³-hybridized carbons (Fsp3) is 0.857. The summed E-state index contributed by atoms with van der Waals surface area (Å²) >= 11 is 0. The minimum atomic E-state index is -1.30. The van der Waals surface area contributed by atoms with E-state index in [9.17, 15) is 9.90 Å². The first kappa shape index (κ1) is 10.2. The van der Waals surface area contributed by atoms with Crippen LogP contribution in [0.4, 0.5) is 4.79 Å². The molecule has 0 aromatic carbocycles. The third-order valence-corrected chi connectivity index (χ3v) is 1.66. The van der Waals surface area contributed by atoms with Crippen LogP contribution in [0.3, 0.4) is 0 Å². The second-order valence-electron chi connectivity index (χ2n) is 3.13. The molecule has 0 fully saturated rings. The highest BCUT2D eigenvalue weighted by atomic mass is 16.7. The van der Waals surface area contributed by atoms with Gasteiger partial charge in [0, 0.05) is 5.92 Å². The lowest BCUT2D eigenvalue weighted by molar-refractivity contribution is -0.0128. The van der Waals surface area contributed by atoms with Gasteiger partial charge in [0.2, 0.25) is 0 Å². The number of hydrogen-bond donors (Lipinski definition) is 2. The zero-order valence-corrected chi connectivity index (χ0v) is 7.00. The van der Waals surface area contributed by atoms with Crippen LogP contribution in [-0.4, -0.2) is 28.6 Å². The average Bonchev–Trinajstić information content (AvgIpc) is 1.80. The lowest BCUT2D eigenvalue weighted by Gasteiger charge is -2.24. The first-order valence-electron chi connectivity index (χ1n) is 3.42. The van der Waals surface area contributed by atoms with Crippen molar-refractivity contribution in [3.63, 3.8) is 0 Å². The van der Waals surface area contributed by atoms with Crippen molar-refractivity contribution in [1.82, 2.24) is 0 Å². The molecule has 0 rings (SSSR count). The SMILES string of the molecule is CC(COC(=O)O)C(C)(C)O. The van der Waals surface area contributed by atoms with E-state index in [4.69, 9.17) is 5.11 Å². The van der Waals surface area contributed by atoms with E-state index < -0.39 is 11.8 Å². The number of aliphatic hydroxyl groups is 1. The lowest BCUT2D eigenvalue weighted by atomic mass is 9.94. The highest BCUT2D eigenvalue weighted by Gasteiger charge is 2.23. The molecule has 0 heterocycles. The largest absolute Gasteiger partial charge is 0.505 e. The Morgan fingerprint density at radius 3 is 2.36 bits per heavy atom. The molecule has 0 aliphatic rings. The Bertz CT molecular complexity index is 136. The van der Waals surface area contributed by atoms with Crippen molar-refractivity contribution < 1.29 is 19.7 Å². The molecule has 0 spiro atoms. The van der Waals surface area contributed by atoms with Crippen LogP contribution in [0.15, 0.2) is 0 Å². The van der Waals surface area contributed by atoms with Gasteiger partial charge in [0.15, 0.2) is 0 Å². The molecule has 2 N–H and O–H groups in total. The average molecular weight is 162 g/mol. The molecular formula is C7H14O4. The molecule has 0 bridgehead atoms. The van der Waals surface area contributed by atoms with Gasteiger partial charge in [-0.2, -0.15) is 0 Å². The Kier molecular flexibility index (Phi) is 3.32. The maximum atomic E-state index is 9.93. The summed E-state index contributed by atoms with van der Waals surface area (Å²) in [6.07, 6.45) is -1.30. The molecule has 11 heavy (non-hydrogen) atoms. The standard InChI is InChI=1S/C7H14O4/c1-5(7(2,3)10)4-11-6(8)9/h5,10H,4H2,1-3H3,(H,8,9). The number of carbonyl (C=O) groups is 1. The molecule has 4 nitrogen and oxygen atoms in total. The van der Waals surface area contributed by atoms with E-state index in [2.05, 4.69) is 4.74 Å². The lowest BCUT2D eigenvalue weighted by Crippen LogP contribution is -2.32. The van der Waals surface area contributed by atoms with Gasteiger partial charge >= 0.3 is 6.16 Å². The van der Waals surface area contributed by atoms with Gasteiger partial charge in [-0.15, -0.1) is 0 Å². The van der Waals surface area contributed by atoms with Crippen LogP contribution < -0.4 is 0 Å².